The third-order valence-electron chi connectivity index (χ3n) is 4.47. The van der Waals surface area contributed by atoms with Crippen LogP contribution in [0.25, 0.3) is 10.9 Å². The SMILES string of the molecule is O=C(CCCc1nc2ccccc2c(=O)[nH]1)Nc1n[nH]c([C@H]2CCCO2)n1. The lowest BCUT2D eigenvalue weighted by Gasteiger charge is -2.04. The van der Waals surface area contributed by atoms with Gasteiger partial charge >= 0.3 is 0 Å². The quantitative estimate of drug-likeness (QED) is 0.610. The van der Waals surface area contributed by atoms with Gasteiger partial charge < -0.3 is 9.72 Å². The molecule has 1 aromatic carbocycles. The zero-order valence-corrected chi connectivity index (χ0v) is 14.7. The number of amides is 1. The van der Waals surface area contributed by atoms with Gasteiger partial charge in [-0.3, -0.25) is 20.0 Å². The number of benzene rings is 1. The predicted octanol–water partition coefficient (Wildman–Crippen LogP) is 1.85. The van der Waals surface area contributed by atoms with Gasteiger partial charge in [-0.15, -0.1) is 5.10 Å². The van der Waals surface area contributed by atoms with Crippen molar-refractivity contribution in [3.05, 3.63) is 46.3 Å². The van der Waals surface area contributed by atoms with Crippen LogP contribution in [-0.2, 0) is 16.0 Å². The summed E-state index contributed by atoms with van der Waals surface area (Å²) in [6.45, 7) is 0.720. The summed E-state index contributed by atoms with van der Waals surface area (Å²) in [6, 6.07) is 7.18. The van der Waals surface area contributed by atoms with Gasteiger partial charge in [0.05, 0.1) is 10.9 Å². The van der Waals surface area contributed by atoms with E-state index >= 15 is 0 Å². The number of aromatic nitrogens is 5. The number of fused-ring (bicyclic) bond motifs is 1. The van der Waals surface area contributed by atoms with Crippen LogP contribution in [0.2, 0.25) is 0 Å². The summed E-state index contributed by atoms with van der Waals surface area (Å²) in [6.07, 6.45) is 3.16. The highest BCUT2D eigenvalue weighted by Gasteiger charge is 2.21. The van der Waals surface area contributed by atoms with Crippen molar-refractivity contribution in [3.8, 4) is 0 Å². The van der Waals surface area contributed by atoms with Gasteiger partial charge in [-0.1, -0.05) is 12.1 Å². The number of hydrogen-bond acceptors (Lipinski definition) is 6. The molecule has 4 rings (SSSR count). The number of H-pyrrole nitrogens is 2. The number of anilines is 1. The molecule has 0 aliphatic carbocycles. The molecule has 27 heavy (non-hydrogen) atoms. The molecule has 0 saturated carbocycles. The minimum absolute atomic E-state index is 0.0704. The monoisotopic (exact) mass is 368 g/mol. The Hall–Kier alpha value is -3.07. The molecule has 140 valence electrons. The molecule has 0 spiro atoms. The van der Waals surface area contributed by atoms with Crippen molar-refractivity contribution < 1.29 is 9.53 Å². The second-order valence-corrected chi connectivity index (χ2v) is 6.48. The zero-order valence-electron chi connectivity index (χ0n) is 14.7. The summed E-state index contributed by atoms with van der Waals surface area (Å²) in [7, 11) is 0. The minimum Gasteiger partial charge on any atom is -0.370 e. The van der Waals surface area contributed by atoms with Crippen LogP contribution < -0.4 is 10.9 Å². The molecular weight excluding hydrogens is 348 g/mol. The number of nitrogens with zero attached hydrogens (tertiary/aromatic N) is 3. The number of ether oxygens (including phenoxy) is 1. The number of carbonyl (C=O) groups is 1. The van der Waals surface area contributed by atoms with Crippen molar-refractivity contribution in [1.29, 1.82) is 0 Å². The largest absolute Gasteiger partial charge is 0.370 e. The summed E-state index contributed by atoms with van der Waals surface area (Å²) in [5.74, 6) is 1.28. The Balaban J connectivity index is 1.30. The molecule has 1 saturated heterocycles. The fourth-order valence-electron chi connectivity index (χ4n) is 3.12. The van der Waals surface area contributed by atoms with Crippen LogP contribution >= 0.6 is 0 Å². The molecule has 1 atom stereocenters. The Morgan fingerprint density at radius 2 is 2.19 bits per heavy atom. The predicted molar refractivity (Wildman–Crippen MR) is 98.2 cm³/mol. The normalized spacial score (nSPS) is 16.7. The zero-order chi connectivity index (χ0) is 18.6. The van der Waals surface area contributed by atoms with E-state index in [0.717, 1.165) is 19.4 Å². The van der Waals surface area contributed by atoms with Gasteiger partial charge in [-0.05, 0) is 31.4 Å². The number of nitrogens with one attached hydrogen (secondary N) is 3. The number of rotatable bonds is 6. The van der Waals surface area contributed by atoms with E-state index in [1.807, 2.05) is 6.07 Å². The van der Waals surface area contributed by atoms with Crippen LogP contribution in [-0.4, -0.2) is 37.7 Å². The number of para-hydroxylation sites is 1. The number of carbonyl (C=O) groups excluding carboxylic acids is 1. The Morgan fingerprint density at radius 3 is 3.04 bits per heavy atom. The second kappa shape index (κ2) is 7.67. The summed E-state index contributed by atoms with van der Waals surface area (Å²) in [5, 5.41) is 10.0. The smallest absolute Gasteiger partial charge is 0.258 e. The molecule has 3 aromatic rings. The van der Waals surface area contributed by atoms with Crippen molar-refractivity contribution in [1.82, 2.24) is 25.1 Å². The van der Waals surface area contributed by atoms with Crippen molar-refractivity contribution in [2.45, 2.75) is 38.2 Å². The van der Waals surface area contributed by atoms with Gasteiger partial charge in [0.1, 0.15) is 11.9 Å². The summed E-state index contributed by atoms with van der Waals surface area (Å²) in [4.78, 5) is 35.6. The van der Waals surface area contributed by atoms with E-state index in [4.69, 9.17) is 4.74 Å². The maximum Gasteiger partial charge on any atom is 0.258 e. The van der Waals surface area contributed by atoms with Crippen LogP contribution in [0.15, 0.2) is 29.1 Å². The third kappa shape index (κ3) is 4.03. The highest BCUT2D eigenvalue weighted by atomic mass is 16.5. The molecule has 3 N–H and O–H groups in total. The molecule has 3 heterocycles. The highest BCUT2D eigenvalue weighted by Crippen LogP contribution is 2.26. The third-order valence-corrected chi connectivity index (χ3v) is 4.47. The standard InChI is InChI=1S/C18H20N6O3/c25-15(21-18-22-16(23-24-18)13-7-4-10-27-13)9-3-8-14-19-12-6-2-1-5-11(12)17(26)20-14/h1-2,5-6,13H,3-4,7-10H2,(H,19,20,26)(H2,21,22,23,24,25)/t13-/m1/s1. The summed E-state index contributed by atoms with van der Waals surface area (Å²) in [5.41, 5.74) is 0.491. The van der Waals surface area contributed by atoms with E-state index in [0.29, 0.717) is 35.4 Å². The van der Waals surface area contributed by atoms with Crippen LogP contribution in [0.5, 0.6) is 0 Å². The van der Waals surface area contributed by atoms with E-state index in [9.17, 15) is 9.59 Å². The average Bonchev–Trinajstić information content (AvgIpc) is 3.33. The molecular formula is C18H20N6O3. The molecule has 9 nitrogen and oxygen atoms in total. The Labute approximate surface area is 154 Å². The Kier molecular flexibility index (Phi) is 4.93. The summed E-state index contributed by atoms with van der Waals surface area (Å²) < 4.78 is 5.53. The minimum atomic E-state index is -0.184. The average molecular weight is 368 g/mol. The fourth-order valence-corrected chi connectivity index (χ4v) is 3.12. The van der Waals surface area contributed by atoms with Gasteiger partial charge in [0.15, 0.2) is 5.82 Å². The van der Waals surface area contributed by atoms with E-state index in [-0.39, 0.29) is 29.9 Å². The van der Waals surface area contributed by atoms with E-state index < -0.39 is 0 Å². The van der Waals surface area contributed by atoms with Gasteiger partial charge in [-0.25, -0.2) is 4.98 Å². The second-order valence-electron chi connectivity index (χ2n) is 6.48. The lowest BCUT2D eigenvalue weighted by Crippen LogP contribution is -2.15. The summed E-state index contributed by atoms with van der Waals surface area (Å²) >= 11 is 0. The molecule has 1 amide bonds. The Morgan fingerprint density at radius 1 is 1.30 bits per heavy atom. The molecule has 0 radical (unpaired) electrons. The Bertz CT molecular complexity index is 1010. The first-order valence-corrected chi connectivity index (χ1v) is 9.01. The fraction of sp³-hybridized carbons (Fsp3) is 0.389. The number of hydrogen-bond donors (Lipinski definition) is 3. The first-order valence-electron chi connectivity index (χ1n) is 9.01. The maximum absolute atomic E-state index is 12.1. The van der Waals surface area contributed by atoms with Crippen LogP contribution in [0.4, 0.5) is 5.95 Å². The lowest BCUT2D eigenvalue weighted by atomic mass is 10.2. The van der Waals surface area contributed by atoms with Gasteiger partial charge in [0.25, 0.3) is 5.56 Å². The number of aromatic amines is 2. The molecule has 1 fully saturated rings. The lowest BCUT2D eigenvalue weighted by molar-refractivity contribution is -0.116. The van der Waals surface area contributed by atoms with Crippen molar-refractivity contribution in [2.24, 2.45) is 0 Å². The van der Waals surface area contributed by atoms with Crippen LogP contribution in [0, 0.1) is 0 Å². The molecule has 0 bridgehead atoms. The molecule has 2 aromatic heterocycles. The highest BCUT2D eigenvalue weighted by molar-refractivity contribution is 5.88. The van der Waals surface area contributed by atoms with Crippen LogP contribution in [0.1, 0.15) is 43.4 Å². The first kappa shape index (κ1) is 17.3. The van der Waals surface area contributed by atoms with Crippen molar-refractivity contribution in [3.63, 3.8) is 0 Å². The molecule has 1 aliphatic heterocycles. The van der Waals surface area contributed by atoms with Gasteiger partial charge in [0, 0.05) is 19.4 Å². The van der Waals surface area contributed by atoms with Crippen LogP contribution in [0.3, 0.4) is 0 Å². The molecule has 1 aliphatic rings. The van der Waals surface area contributed by atoms with E-state index in [2.05, 4.69) is 30.5 Å². The van der Waals surface area contributed by atoms with Crippen molar-refractivity contribution >= 4 is 22.8 Å². The maximum atomic E-state index is 12.1. The van der Waals surface area contributed by atoms with Crippen molar-refractivity contribution in [2.75, 3.05) is 11.9 Å². The first-order chi connectivity index (χ1) is 13.2. The topological polar surface area (TPSA) is 126 Å². The number of aryl methyl sites for hydroxylation is 1. The van der Waals surface area contributed by atoms with E-state index in [1.165, 1.54) is 0 Å². The van der Waals surface area contributed by atoms with E-state index in [1.54, 1.807) is 18.2 Å². The molecule has 0 unspecified atom stereocenters. The van der Waals surface area contributed by atoms with Gasteiger partial charge in [0.2, 0.25) is 11.9 Å². The van der Waals surface area contributed by atoms with Gasteiger partial charge in [-0.2, -0.15) is 4.98 Å². The molecule has 9 heteroatoms.